The Morgan fingerprint density at radius 1 is 1.25 bits per heavy atom. The molecule has 0 spiro atoms. The van der Waals surface area contributed by atoms with E-state index in [4.69, 9.17) is 0 Å². The van der Waals surface area contributed by atoms with Crippen LogP contribution in [0.25, 0.3) is 0 Å². The molecule has 0 saturated carbocycles. The Labute approximate surface area is 97.4 Å². The number of allylic oxidation sites excluding steroid dienone is 1. The van der Waals surface area contributed by atoms with Crippen LogP contribution in [-0.4, -0.2) is 12.5 Å². The molecule has 0 unspecified atom stereocenters. The van der Waals surface area contributed by atoms with E-state index in [1.807, 2.05) is 32.0 Å². The molecule has 86 valence electrons. The highest BCUT2D eigenvalue weighted by Gasteiger charge is 1.96. The third kappa shape index (κ3) is 5.35. The molecule has 2 nitrogen and oxygen atoms in total. The van der Waals surface area contributed by atoms with E-state index < -0.39 is 0 Å². The summed E-state index contributed by atoms with van der Waals surface area (Å²) in [6, 6.07) is 10.3. The van der Waals surface area contributed by atoms with E-state index in [2.05, 4.69) is 17.4 Å². The van der Waals surface area contributed by atoms with Gasteiger partial charge in [-0.2, -0.15) is 0 Å². The smallest absolute Gasteiger partial charge is 0.243 e. The Bertz CT molecular complexity index is 350. The second-order valence-corrected chi connectivity index (χ2v) is 4.10. The van der Waals surface area contributed by atoms with E-state index in [-0.39, 0.29) is 5.91 Å². The summed E-state index contributed by atoms with van der Waals surface area (Å²) in [5.41, 5.74) is 2.35. The van der Waals surface area contributed by atoms with Crippen LogP contribution in [-0.2, 0) is 11.2 Å². The van der Waals surface area contributed by atoms with Crippen molar-refractivity contribution in [3.8, 4) is 0 Å². The summed E-state index contributed by atoms with van der Waals surface area (Å²) in [6.07, 6.45) is 3.62. The van der Waals surface area contributed by atoms with Crippen LogP contribution in [0.15, 0.2) is 42.0 Å². The predicted molar refractivity (Wildman–Crippen MR) is 67.2 cm³/mol. The van der Waals surface area contributed by atoms with Crippen molar-refractivity contribution in [2.45, 2.75) is 26.7 Å². The van der Waals surface area contributed by atoms with Crippen molar-refractivity contribution >= 4 is 5.91 Å². The van der Waals surface area contributed by atoms with Gasteiger partial charge in [0.2, 0.25) is 5.91 Å². The average molecular weight is 217 g/mol. The van der Waals surface area contributed by atoms with E-state index in [1.165, 1.54) is 5.56 Å². The number of carbonyl (C=O) groups excluding carboxylic acids is 1. The molecule has 0 atom stereocenters. The van der Waals surface area contributed by atoms with Crippen molar-refractivity contribution < 1.29 is 4.79 Å². The maximum atomic E-state index is 11.3. The van der Waals surface area contributed by atoms with Crippen LogP contribution >= 0.6 is 0 Å². The van der Waals surface area contributed by atoms with Crippen molar-refractivity contribution in [1.29, 1.82) is 0 Å². The van der Waals surface area contributed by atoms with Gasteiger partial charge in [-0.1, -0.05) is 35.9 Å². The zero-order valence-corrected chi connectivity index (χ0v) is 9.99. The highest BCUT2D eigenvalue weighted by Crippen LogP contribution is 2.01. The summed E-state index contributed by atoms with van der Waals surface area (Å²) in [7, 11) is 0. The third-order valence-corrected chi connectivity index (χ3v) is 2.20. The molecule has 1 rings (SSSR count). The topological polar surface area (TPSA) is 29.1 Å². The molecule has 0 aliphatic rings. The van der Waals surface area contributed by atoms with Crippen molar-refractivity contribution in [3.05, 3.63) is 47.5 Å². The van der Waals surface area contributed by atoms with E-state index in [1.54, 1.807) is 6.08 Å². The molecule has 0 fully saturated rings. The number of rotatable bonds is 5. The minimum absolute atomic E-state index is 0.00746. The van der Waals surface area contributed by atoms with Gasteiger partial charge in [0, 0.05) is 12.6 Å². The van der Waals surface area contributed by atoms with E-state index in [9.17, 15) is 4.79 Å². The highest BCUT2D eigenvalue weighted by molar-refractivity contribution is 5.87. The minimum atomic E-state index is 0.00746. The Hall–Kier alpha value is -1.57. The maximum absolute atomic E-state index is 11.3. The molecule has 2 heteroatoms. The van der Waals surface area contributed by atoms with Crippen LogP contribution in [0.5, 0.6) is 0 Å². The first-order valence-electron chi connectivity index (χ1n) is 5.65. The fourth-order valence-corrected chi connectivity index (χ4v) is 1.46. The van der Waals surface area contributed by atoms with Crippen LogP contribution in [0, 0.1) is 0 Å². The fourth-order valence-electron chi connectivity index (χ4n) is 1.46. The normalized spacial score (nSPS) is 9.62. The van der Waals surface area contributed by atoms with Gasteiger partial charge < -0.3 is 5.32 Å². The summed E-state index contributed by atoms with van der Waals surface area (Å²) in [5.74, 6) is 0.00746. The maximum Gasteiger partial charge on any atom is 0.243 e. The first kappa shape index (κ1) is 12.5. The van der Waals surface area contributed by atoms with Crippen LogP contribution in [0.2, 0.25) is 0 Å². The van der Waals surface area contributed by atoms with E-state index in [0.29, 0.717) is 0 Å². The summed E-state index contributed by atoms with van der Waals surface area (Å²) >= 11 is 0. The molecule has 0 aliphatic heterocycles. The lowest BCUT2D eigenvalue weighted by Crippen LogP contribution is -2.22. The average Bonchev–Trinajstić information content (AvgIpc) is 2.25. The lowest BCUT2D eigenvalue weighted by atomic mass is 10.1. The Balaban J connectivity index is 2.18. The molecule has 1 amide bonds. The van der Waals surface area contributed by atoms with Gasteiger partial charge in [0.25, 0.3) is 0 Å². The highest BCUT2D eigenvalue weighted by atomic mass is 16.1. The summed E-state index contributed by atoms with van der Waals surface area (Å²) in [4.78, 5) is 11.3. The Kier molecular flexibility index (Phi) is 5.34. The van der Waals surface area contributed by atoms with Crippen molar-refractivity contribution in [2.24, 2.45) is 0 Å². The molecule has 0 aliphatic carbocycles. The van der Waals surface area contributed by atoms with E-state index >= 15 is 0 Å². The number of amides is 1. The molecule has 16 heavy (non-hydrogen) atoms. The largest absolute Gasteiger partial charge is 0.353 e. The van der Waals surface area contributed by atoms with Gasteiger partial charge in [-0.3, -0.25) is 4.79 Å². The van der Waals surface area contributed by atoms with Crippen molar-refractivity contribution in [1.82, 2.24) is 5.32 Å². The first-order chi connectivity index (χ1) is 7.68. The first-order valence-corrected chi connectivity index (χ1v) is 5.65. The van der Waals surface area contributed by atoms with Gasteiger partial charge in [-0.15, -0.1) is 0 Å². The molecule has 1 aromatic carbocycles. The van der Waals surface area contributed by atoms with Crippen LogP contribution in [0.1, 0.15) is 25.8 Å². The summed E-state index contributed by atoms with van der Waals surface area (Å²) in [6.45, 7) is 4.57. The Morgan fingerprint density at radius 2 is 1.94 bits per heavy atom. The molecule has 0 heterocycles. The lowest BCUT2D eigenvalue weighted by molar-refractivity contribution is -0.116. The zero-order chi connectivity index (χ0) is 11.8. The SMILES string of the molecule is CC(C)=CC(=O)NCCCc1ccccc1. The summed E-state index contributed by atoms with van der Waals surface area (Å²) in [5, 5.41) is 2.87. The lowest BCUT2D eigenvalue weighted by Gasteiger charge is -2.03. The number of hydrogen-bond donors (Lipinski definition) is 1. The van der Waals surface area contributed by atoms with Crippen LogP contribution in [0.3, 0.4) is 0 Å². The second kappa shape index (κ2) is 6.83. The molecule has 1 aromatic rings. The molecular weight excluding hydrogens is 198 g/mol. The number of aryl methyl sites for hydroxylation is 1. The van der Waals surface area contributed by atoms with Crippen molar-refractivity contribution in [3.63, 3.8) is 0 Å². The van der Waals surface area contributed by atoms with Crippen molar-refractivity contribution in [2.75, 3.05) is 6.54 Å². The van der Waals surface area contributed by atoms with Gasteiger partial charge in [0.15, 0.2) is 0 Å². The number of hydrogen-bond acceptors (Lipinski definition) is 1. The number of carbonyl (C=O) groups is 1. The summed E-state index contributed by atoms with van der Waals surface area (Å²) < 4.78 is 0. The molecular formula is C14H19NO. The van der Waals surface area contributed by atoms with Crippen LogP contribution < -0.4 is 5.32 Å². The van der Waals surface area contributed by atoms with Gasteiger partial charge in [-0.25, -0.2) is 0 Å². The predicted octanol–water partition coefficient (Wildman–Crippen LogP) is 2.70. The Morgan fingerprint density at radius 3 is 2.56 bits per heavy atom. The molecule has 0 bridgehead atoms. The van der Waals surface area contributed by atoms with Gasteiger partial charge in [0.1, 0.15) is 0 Å². The number of benzene rings is 1. The van der Waals surface area contributed by atoms with Gasteiger partial charge in [0.05, 0.1) is 0 Å². The molecule has 1 N–H and O–H groups in total. The minimum Gasteiger partial charge on any atom is -0.353 e. The van der Waals surface area contributed by atoms with E-state index in [0.717, 1.165) is 25.0 Å². The molecule has 0 radical (unpaired) electrons. The fraction of sp³-hybridized carbons (Fsp3) is 0.357. The molecule has 0 aromatic heterocycles. The number of nitrogens with one attached hydrogen (secondary N) is 1. The zero-order valence-electron chi connectivity index (χ0n) is 9.99. The monoisotopic (exact) mass is 217 g/mol. The van der Waals surface area contributed by atoms with Gasteiger partial charge >= 0.3 is 0 Å². The van der Waals surface area contributed by atoms with Gasteiger partial charge in [-0.05, 0) is 32.3 Å². The standard InChI is InChI=1S/C14H19NO/c1-12(2)11-14(16)15-10-6-9-13-7-4-3-5-8-13/h3-5,7-8,11H,6,9-10H2,1-2H3,(H,15,16). The van der Waals surface area contributed by atoms with Crippen LogP contribution in [0.4, 0.5) is 0 Å². The quantitative estimate of drug-likeness (QED) is 0.596. The second-order valence-electron chi connectivity index (χ2n) is 4.10. The molecule has 0 saturated heterocycles. The third-order valence-electron chi connectivity index (χ3n) is 2.20.